The number of rotatable bonds is 47. The lowest BCUT2D eigenvalue weighted by Gasteiger charge is -2.40. The van der Waals surface area contributed by atoms with E-state index in [1.807, 2.05) is 6.08 Å². The first-order valence-corrected chi connectivity index (χ1v) is 27.4. The van der Waals surface area contributed by atoms with Crippen molar-refractivity contribution >= 4 is 5.91 Å². The molecule has 1 amide bonds. The zero-order chi connectivity index (χ0) is 45.9. The molecule has 1 heterocycles. The van der Waals surface area contributed by atoms with Crippen molar-refractivity contribution in [1.82, 2.24) is 5.32 Å². The van der Waals surface area contributed by atoms with Gasteiger partial charge in [-0.1, -0.05) is 257 Å². The fourth-order valence-corrected chi connectivity index (χ4v) is 8.98. The van der Waals surface area contributed by atoms with Gasteiger partial charge in [0.05, 0.1) is 25.4 Å². The van der Waals surface area contributed by atoms with Crippen LogP contribution in [-0.4, -0.2) is 87.5 Å². The molecule has 2 unspecified atom stereocenters. The molecule has 9 nitrogen and oxygen atoms in total. The van der Waals surface area contributed by atoms with Crippen molar-refractivity contribution < 1.29 is 39.8 Å². The lowest BCUT2D eigenvalue weighted by atomic mass is 9.99. The number of hydrogen-bond donors (Lipinski definition) is 6. The summed E-state index contributed by atoms with van der Waals surface area (Å²) in [5.41, 5.74) is 0. The second-order valence-electron chi connectivity index (χ2n) is 19.4. The normalized spacial score (nSPS) is 20.1. The molecule has 1 fully saturated rings. The Morgan fingerprint density at radius 2 is 0.873 bits per heavy atom. The standard InChI is InChI=1S/C54H105NO8/c1-3-5-7-9-11-13-15-16-17-18-19-20-21-22-23-24-25-26-27-28-29-30-31-32-33-34-36-38-40-42-44-50(58)55-47(46-62-54-53(61)52(60)51(59)49(45-56)63-54)48(57)43-41-39-37-35-14-12-10-8-6-4-2/h41,43,47-49,51-54,56-57,59-61H,3-40,42,44-46H2,1-2H3,(H,55,58)/b43-41+/t47-,48+,49+,51-,52?,53?,54+/m0/s1. The van der Waals surface area contributed by atoms with E-state index in [4.69, 9.17) is 9.47 Å². The van der Waals surface area contributed by atoms with E-state index in [0.29, 0.717) is 6.42 Å². The van der Waals surface area contributed by atoms with E-state index in [-0.39, 0.29) is 12.5 Å². The van der Waals surface area contributed by atoms with E-state index in [0.717, 1.165) is 38.5 Å². The lowest BCUT2D eigenvalue weighted by Crippen LogP contribution is -2.60. The summed E-state index contributed by atoms with van der Waals surface area (Å²) >= 11 is 0. The zero-order valence-corrected chi connectivity index (χ0v) is 41.4. The van der Waals surface area contributed by atoms with Crippen LogP contribution in [0.5, 0.6) is 0 Å². The summed E-state index contributed by atoms with van der Waals surface area (Å²) in [6, 6.07) is -0.798. The monoisotopic (exact) mass is 896 g/mol. The number of unbranched alkanes of at least 4 members (excludes halogenated alkanes) is 37. The highest BCUT2D eigenvalue weighted by Gasteiger charge is 2.44. The van der Waals surface area contributed by atoms with Gasteiger partial charge in [-0.2, -0.15) is 0 Å². The fourth-order valence-electron chi connectivity index (χ4n) is 8.98. The topological polar surface area (TPSA) is 149 Å². The number of ether oxygens (including phenoxy) is 2. The molecule has 0 aromatic heterocycles. The van der Waals surface area contributed by atoms with Gasteiger partial charge in [-0.05, 0) is 19.3 Å². The third-order valence-electron chi connectivity index (χ3n) is 13.4. The summed E-state index contributed by atoms with van der Waals surface area (Å²) in [5, 5.41) is 54.2. The van der Waals surface area contributed by atoms with Gasteiger partial charge < -0.3 is 40.3 Å². The van der Waals surface area contributed by atoms with Gasteiger partial charge in [0.1, 0.15) is 24.4 Å². The molecule has 0 aromatic carbocycles. The van der Waals surface area contributed by atoms with Crippen LogP contribution in [0, 0.1) is 0 Å². The molecule has 0 aromatic rings. The Labute approximate surface area is 388 Å². The summed E-state index contributed by atoms with van der Waals surface area (Å²) in [6.07, 6.45) is 47.3. The van der Waals surface area contributed by atoms with Crippen LogP contribution >= 0.6 is 0 Å². The Bertz CT molecular complexity index is 997. The molecule has 0 saturated carbocycles. The number of allylic oxidation sites excluding steroid dienone is 1. The van der Waals surface area contributed by atoms with Crippen molar-refractivity contribution in [1.29, 1.82) is 0 Å². The minimum absolute atomic E-state index is 0.173. The van der Waals surface area contributed by atoms with Crippen molar-refractivity contribution in [3.05, 3.63) is 12.2 Å². The molecule has 6 N–H and O–H groups in total. The first kappa shape index (κ1) is 59.9. The molecule has 63 heavy (non-hydrogen) atoms. The van der Waals surface area contributed by atoms with Crippen molar-refractivity contribution in [2.75, 3.05) is 13.2 Å². The summed E-state index contributed by atoms with van der Waals surface area (Å²) in [4.78, 5) is 13.0. The molecule has 7 atom stereocenters. The number of carbonyl (C=O) groups excluding carboxylic acids is 1. The SMILES string of the molecule is CCCCCCCCCC/C=C/[C@@H](O)[C@H](CO[C@@H]1O[C@H](CO)[C@H](O)C(O)C1O)NC(=O)CCCCCCCCCCCCCCCCCCCCCCCCCCCCCCCC. The lowest BCUT2D eigenvalue weighted by molar-refractivity contribution is -0.302. The molecular weight excluding hydrogens is 791 g/mol. The van der Waals surface area contributed by atoms with Gasteiger partial charge in [0.25, 0.3) is 0 Å². The van der Waals surface area contributed by atoms with E-state index < -0.39 is 49.5 Å². The Morgan fingerprint density at radius 1 is 0.524 bits per heavy atom. The zero-order valence-electron chi connectivity index (χ0n) is 41.4. The van der Waals surface area contributed by atoms with Crippen molar-refractivity contribution in [3.63, 3.8) is 0 Å². The predicted octanol–water partition coefficient (Wildman–Crippen LogP) is 12.8. The van der Waals surface area contributed by atoms with Crippen LogP contribution in [0.25, 0.3) is 0 Å². The van der Waals surface area contributed by atoms with Crippen molar-refractivity contribution in [2.24, 2.45) is 0 Å². The number of carbonyl (C=O) groups is 1. The van der Waals surface area contributed by atoms with Crippen LogP contribution in [0.4, 0.5) is 0 Å². The Balaban J connectivity index is 2.09. The van der Waals surface area contributed by atoms with Gasteiger partial charge >= 0.3 is 0 Å². The van der Waals surface area contributed by atoms with Gasteiger partial charge in [-0.15, -0.1) is 0 Å². The van der Waals surface area contributed by atoms with E-state index in [2.05, 4.69) is 19.2 Å². The Hall–Kier alpha value is -1.07. The number of aliphatic hydroxyl groups excluding tert-OH is 5. The van der Waals surface area contributed by atoms with Gasteiger partial charge in [0.15, 0.2) is 6.29 Å². The van der Waals surface area contributed by atoms with Crippen LogP contribution in [0.15, 0.2) is 12.2 Å². The summed E-state index contributed by atoms with van der Waals surface area (Å²) in [7, 11) is 0. The van der Waals surface area contributed by atoms with Crippen LogP contribution in [-0.2, 0) is 14.3 Å². The van der Waals surface area contributed by atoms with Crippen LogP contribution in [0.3, 0.4) is 0 Å². The summed E-state index contributed by atoms with van der Waals surface area (Å²) in [6.45, 7) is 3.78. The molecule has 1 aliphatic heterocycles. The third kappa shape index (κ3) is 34.8. The molecular formula is C54H105NO8. The van der Waals surface area contributed by atoms with Gasteiger partial charge in [0.2, 0.25) is 5.91 Å². The number of hydrogen-bond acceptors (Lipinski definition) is 8. The average molecular weight is 896 g/mol. The van der Waals surface area contributed by atoms with E-state index in [1.165, 1.54) is 212 Å². The second-order valence-corrected chi connectivity index (χ2v) is 19.4. The minimum Gasteiger partial charge on any atom is -0.394 e. The van der Waals surface area contributed by atoms with Crippen molar-refractivity contribution in [2.45, 2.75) is 314 Å². The maximum atomic E-state index is 13.0. The molecule has 1 saturated heterocycles. The minimum atomic E-state index is -1.56. The van der Waals surface area contributed by atoms with Crippen LogP contribution < -0.4 is 5.32 Å². The first-order chi connectivity index (χ1) is 30.8. The maximum Gasteiger partial charge on any atom is 0.220 e. The first-order valence-electron chi connectivity index (χ1n) is 27.4. The molecule has 0 spiro atoms. The van der Waals surface area contributed by atoms with Gasteiger partial charge in [-0.25, -0.2) is 0 Å². The number of aliphatic hydroxyl groups is 5. The van der Waals surface area contributed by atoms with E-state index in [9.17, 15) is 30.3 Å². The molecule has 0 aliphatic carbocycles. The molecule has 9 heteroatoms. The quantitative estimate of drug-likeness (QED) is 0.0261. The average Bonchev–Trinajstić information content (AvgIpc) is 3.28. The summed E-state index contributed by atoms with van der Waals surface area (Å²) in [5.74, 6) is -0.173. The third-order valence-corrected chi connectivity index (χ3v) is 13.4. The van der Waals surface area contributed by atoms with Gasteiger partial charge in [0, 0.05) is 6.42 Å². The molecule has 0 bridgehead atoms. The highest BCUT2D eigenvalue weighted by atomic mass is 16.7. The molecule has 0 radical (unpaired) electrons. The fraction of sp³-hybridized carbons (Fsp3) is 0.944. The largest absolute Gasteiger partial charge is 0.394 e. The summed E-state index contributed by atoms with van der Waals surface area (Å²) < 4.78 is 11.2. The van der Waals surface area contributed by atoms with Crippen LogP contribution in [0.2, 0.25) is 0 Å². The molecule has 1 aliphatic rings. The van der Waals surface area contributed by atoms with E-state index in [1.54, 1.807) is 6.08 Å². The Kier molecular flexibility index (Phi) is 42.6. The smallest absolute Gasteiger partial charge is 0.220 e. The van der Waals surface area contributed by atoms with E-state index >= 15 is 0 Å². The van der Waals surface area contributed by atoms with Crippen LogP contribution in [0.1, 0.15) is 271 Å². The maximum absolute atomic E-state index is 13.0. The number of nitrogens with one attached hydrogen (secondary N) is 1. The van der Waals surface area contributed by atoms with Gasteiger partial charge in [-0.3, -0.25) is 4.79 Å². The molecule has 374 valence electrons. The second kappa shape index (κ2) is 44.7. The number of amides is 1. The van der Waals surface area contributed by atoms with Crippen molar-refractivity contribution in [3.8, 4) is 0 Å². The highest BCUT2D eigenvalue weighted by molar-refractivity contribution is 5.76. The Morgan fingerprint density at radius 3 is 1.24 bits per heavy atom. The predicted molar refractivity (Wildman–Crippen MR) is 263 cm³/mol. The molecule has 1 rings (SSSR count). The highest BCUT2D eigenvalue weighted by Crippen LogP contribution is 2.23.